The van der Waals surface area contributed by atoms with Gasteiger partial charge < -0.3 is 10.6 Å². The lowest BCUT2D eigenvalue weighted by Crippen LogP contribution is -2.50. The zero-order valence-corrected chi connectivity index (χ0v) is 16.1. The Kier molecular flexibility index (Phi) is 6.78. The first kappa shape index (κ1) is 19.0. The Hall–Kier alpha value is -1.75. The first-order valence-electron chi connectivity index (χ1n) is 8.85. The number of piperidine rings is 1. The second kappa shape index (κ2) is 9.26. The molecule has 1 saturated heterocycles. The van der Waals surface area contributed by atoms with E-state index in [9.17, 15) is 4.79 Å². The van der Waals surface area contributed by atoms with E-state index >= 15 is 0 Å². The molecule has 1 aliphatic rings. The number of rotatable bonds is 5. The van der Waals surface area contributed by atoms with Crippen molar-refractivity contribution < 1.29 is 4.79 Å². The van der Waals surface area contributed by atoms with E-state index < -0.39 is 0 Å². The van der Waals surface area contributed by atoms with E-state index in [-0.39, 0.29) is 12.1 Å². The number of nitrogens with one attached hydrogen (secondary N) is 2. The molecule has 0 bridgehead atoms. The average Bonchev–Trinajstić information content (AvgIpc) is 2.64. The number of halogens is 2. The van der Waals surface area contributed by atoms with Crippen molar-refractivity contribution in [3.8, 4) is 0 Å². The molecule has 6 heteroatoms. The third-order valence-electron chi connectivity index (χ3n) is 4.53. The SMILES string of the molecule is O=C(NCc1ccc(Cl)c(Cl)c1)NC1CCCN(Cc2ccccc2)C1. The Morgan fingerprint density at radius 1 is 1.08 bits per heavy atom. The van der Waals surface area contributed by atoms with Gasteiger partial charge in [0.15, 0.2) is 0 Å². The van der Waals surface area contributed by atoms with Crippen molar-refractivity contribution in [2.45, 2.75) is 32.0 Å². The van der Waals surface area contributed by atoms with E-state index in [1.807, 2.05) is 12.1 Å². The molecule has 1 atom stereocenters. The third kappa shape index (κ3) is 5.63. The standard InChI is InChI=1S/C20H23Cl2N3O/c21-18-9-8-16(11-19(18)22)12-23-20(26)24-17-7-4-10-25(14-17)13-15-5-2-1-3-6-15/h1-3,5-6,8-9,11,17H,4,7,10,12-14H2,(H2,23,24,26). The summed E-state index contributed by atoms with van der Waals surface area (Å²) < 4.78 is 0. The predicted molar refractivity (Wildman–Crippen MR) is 107 cm³/mol. The van der Waals surface area contributed by atoms with E-state index in [0.717, 1.165) is 38.0 Å². The van der Waals surface area contributed by atoms with Gasteiger partial charge in [0, 0.05) is 25.7 Å². The van der Waals surface area contributed by atoms with Crippen molar-refractivity contribution in [3.63, 3.8) is 0 Å². The fourth-order valence-corrected chi connectivity index (χ4v) is 3.55. The molecular formula is C20H23Cl2N3O. The van der Waals surface area contributed by atoms with Crippen LogP contribution >= 0.6 is 23.2 Å². The maximum Gasteiger partial charge on any atom is 0.315 e. The van der Waals surface area contributed by atoms with Gasteiger partial charge >= 0.3 is 6.03 Å². The molecule has 1 unspecified atom stereocenters. The molecular weight excluding hydrogens is 369 g/mol. The summed E-state index contributed by atoms with van der Waals surface area (Å²) in [4.78, 5) is 14.6. The molecule has 3 rings (SSSR count). The third-order valence-corrected chi connectivity index (χ3v) is 5.27. The predicted octanol–water partition coefficient (Wildman–Crippen LogP) is 4.46. The summed E-state index contributed by atoms with van der Waals surface area (Å²) in [5, 5.41) is 6.98. The lowest BCUT2D eigenvalue weighted by molar-refractivity contribution is 0.180. The van der Waals surface area contributed by atoms with Crippen molar-refractivity contribution in [1.29, 1.82) is 0 Å². The minimum Gasteiger partial charge on any atom is -0.334 e. The van der Waals surface area contributed by atoms with Gasteiger partial charge in [-0.2, -0.15) is 0 Å². The summed E-state index contributed by atoms with van der Waals surface area (Å²) in [6, 6.07) is 15.8. The topological polar surface area (TPSA) is 44.4 Å². The second-order valence-corrected chi connectivity index (χ2v) is 7.45. The molecule has 0 aliphatic carbocycles. The fourth-order valence-electron chi connectivity index (χ4n) is 3.23. The maximum absolute atomic E-state index is 12.2. The number of urea groups is 1. The highest BCUT2D eigenvalue weighted by Gasteiger charge is 2.21. The van der Waals surface area contributed by atoms with Crippen LogP contribution in [0.15, 0.2) is 48.5 Å². The summed E-state index contributed by atoms with van der Waals surface area (Å²) >= 11 is 11.9. The van der Waals surface area contributed by atoms with Gasteiger partial charge in [0.2, 0.25) is 0 Å². The Bertz CT molecular complexity index is 739. The van der Waals surface area contributed by atoms with Gasteiger partial charge in [-0.3, -0.25) is 4.90 Å². The van der Waals surface area contributed by atoms with Crippen LogP contribution in [0.2, 0.25) is 10.0 Å². The molecule has 0 saturated carbocycles. The Morgan fingerprint density at radius 2 is 1.88 bits per heavy atom. The van der Waals surface area contributed by atoms with Crippen molar-refractivity contribution in [2.24, 2.45) is 0 Å². The molecule has 138 valence electrons. The van der Waals surface area contributed by atoms with Gasteiger partial charge in [0.05, 0.1) is 10.0 Å². The van der Waals surface area contributed by atoms with E-state index in [4.69, 9.17) is 23.2 Å². The number of hydrogen-bond donors (Lipinski definition) is 2. The van der Waals surface area contributed by atoms with Gasteiger partial charge in [0.1, 0.15) is 0 Å². The molecule has 1 heterocycles. The number of hydrogen-bond acceptors (Lipinski definition) is 2. The van der Waals surface area contributed by atoms with E-state index in [1.165, 1.54) is 5.56 Å². The number of carbonyl (C=O) groups excluding carboxylic acids is 1. The summed E-state index contributed by atoms with van der Waals surface area (Å²) in [7, 11) is 0. The Labute approximate surface area is 164 Å². The first-order chi connectivity index (χ1) is 12.6. The van der Waals surface area contributed by atoms with Crippen molar-refractivity contribution >= 4 is 29.2 Å². The van der Waals surface area contributed by atoms with E-state index in [1.54, 1.807) is 12.1 Å². The molecule has 1 fully saturated rings. The minimum atomic E-state index is -0.150. The summed E-state index contributed by atoms with van der Waals surface area (Å²) in [6.07, 6.45) is 2.09. The van der Waals surface area contributed by atoms with Gasteiger partial charge in [0.25, 0.3) is 0 Å². The first-order valence-corrected chi connectivity index (χ1v) is 9.60. The summed E-state index contributed by atoms with van der Waals surface area (Å²) in [5.74, 6) is 0. The zero-order chi connectivity index (χ0) is 18.4. The Balaban J connectivity index is 1.45. The van der Waals surface area contributed by atoms with Crippen LogP contribution in [0.4, 0.5) is 4.79 Å². The maximum atomic E-state index is 12.2. The molecule has 2 amide bonds. The highest BCUT2D eigenvalue weighted by molar-refractivity contribution is 6.42. The summed E-state index contributed by atoms with van der Waals surface area (Å²) in [6.45, 7) is 3.28. The normalized spacial score (nSPS) is 17.7. The lowest BCUT2D eigenvalue weighted by Gasteiger charge is -2.33. The van der Waals surface area contributed by atoms with Crippen LogP contribution in [0.1, 0.15) is 24.0 Å². The highest BCUT2D eigenvalue weighted by Crippen LogP contribution is 2.22. The number of carbonyl (C=O) groups is 1. The van der Waals surface area contributed by atoms with Crippen molar-refractivity contribution in [3.05, 3.63) is 69.7 Å². The zero-order valence-electron chi connectivity index (χ0n) is 14.6. The number of benzene rings is 2. The highest BCUT2D eigenvalue weighted by atomic mass is 35.5. The van der Waals surface area contributed by atoms with Gasteiger partial charge in [-0.25, -0.2) is 4.79 Å². The largest absolute Gasteiger partial charge is 0.334 e. The molecule has 2 aromatic rings. The van der Waals surface area contributed by atoms with Crippen LogP contribution in [0, 0.1) is 0 Å². The van der Waals surface area contributed by atoms with Crippen LogP contribution in [0.5, 0.6) is 0 Å². The molecule has 0 aromatic heterocycles. The number of amides is 2. The van der Waals surface area contributed by atoms with Crippen molar-refractivity contribution in [2.75, 3.05) is 13.1 Å². The molecule has 0 spiro atoms. The minimum absolute atomic E-state index is 0.150. The van der Waals surface area contributed by atoms with Crippen LogP contribution < -0.4 is 10.6 Å². The lowest BCUT2D eigenvalue weighted by atomic mass is 10.0. The molecule has 2 N–H and O–H groups in total. The molecule has 0 radical (unpaired) electrons. The van der Waals surface area contributed by atoms with E-state index in [0.29, 0.717) is 16.6 Å². The molecule has 4 nitrogen and oxygen atoms in total. The Morgan fingerprint density at radius 3 is 2.65 bits per heavy atom. The quantitative estimate of drug-likeness (QED) is 0.789. The van der Waals surface area contributed by atoms with E-state index in [2.05, 4.69) is 39.8 Å². The molecule has 26 heavy (non-hydrogen) atoms. The van der Waals surface area contributed by atoms with Crippen LogP contribution in [-0.4, -0.2) is 30.1 Å². The van der Waals surface area contributed by atoms with Crippen molar-refractivity contribution in [1.82, 2.24) is 15.5 Å². The smallest absolute Gasteiger partial charge is 0.315 e. The van der Waals surface area contributed by atoms with Gasteiger partial charge in [-0.15, -0.1) is 0 Å². The van der Waals surface area contributed by atoms with Crippen LogP contribution in [0.3, 0.4) is 0 Å². The van der Waals surface area contributed by atoms with Gasteiger partial charge in [-0.05, 0) is 42.6 Å². The van der Waals surface area contributed by atoms with Crippen LogP contribution in [-0.2, 0) is 13.1 Å². The summed E-state index contributed by atoms with van der Waals surface area (Å²) in [5.41, 5.74) is 2.22. The fraction of sp³-hybridized carbons (Fsp3) is 0.350. The molecule has 1 aliphatic heterocycles. The second-order valence-electron chi connectivity index (χ2n) is 6.64. The molecule has 2 aromatic carbocycles. The monoisotopic (exact) mass is 391 g/mol. The number of likely N-dealkylation sites (tertiary alicyclic amines) is 1. The van der Waals surface area contributed by atoms with Gasteiger partial charge in [-0.1, -0.05) is 59.6 Å². The van der Waals surface area contributed by atoms with Crippen LogP contribution in [0.25, 0.3) is 0 Å². The number of nitrogens with zero attached hydrogens (tertiary/aromatic N) is 1. The average molecular weight is 392 g/mol.